The SMILES string of the molecule is CC[C@@H](Oc1ccc(N(C)S(C)(=O)=O)cc1)C(=O)NCc1ccc(N2CCOCC2)cc1. The molecule has 1 aliphatic rings. The van der Waals surface area contributed by atoms with Gasteiger partial charge in [-0.1, -0.05) is 19.1 Å². The Hall–Kier alpha value is -2.78. The number of sulfonamides is 1. The van der Waals surface area contributed by atoms with Crippen molar-refractivity contribution in [3.63, 3.8) is 0 Å². The molecule has 1 saturated heterocycles. The van der Waals surface area contributed by atoms with Crippen LogP contribution in [0.15, 0.2) is 48.5 Å². The Morgan fingerprint density at radius 1 is 1.12 bits per heavy atom. The summed E-state index contributed by atoms with van der Waals surface area (Å²) in [6, 6.07) is 14.8. The van der Waals surface area contributed by atoms with Gasteiger partial charge in [0.2, 0.25) is 10.0 Å². The highest BCUT2D eigenvalue weighted by Gasteiger charge is 2.19. The summed E-state index contributed by atoms with van der Waals surface area (Å²) in [7, 11) is -1.85. The van der Waals surface area contributed by atoms with Crippen LogP contribution >= 0.6 is 0 Å². The number of nitrogens with one attached hydrogen (secondary N) is 1. The van der Waals surface area contributed by atoms with Crippen LogP contribution in [0.5, 0.6) is 5.75 Å². The first-order chi connectivity index (χ1) is 15.3. The highest BCUT2D eigenvalue weighted by molar-refractivity contribution is 7.92. The third-order valence-electron chi connectivity index (χ3n) is 5.42. The van der Waals surface area contributed by atoms with Crippen LogP contribution in [0.2, 0.25) is 0 Å². The smallest absolute Gasteiger partial charge is 0.261 e. The van der Waals surface area contributed by atoms with E-state index in [4.69, 9.17) is 9.47 Å². The van der Waals surface area contributed by atoms with E-state index in [1.807, 2.05) is 19.1 Å². The largest absolute Gasteiger partial charge is 0.481 e. The number of ether oxygens (including phenoxy) is 2. The first-order valence-electron chi connectivity index (χ1n) is 10.7. The van der Waals surface area contributed by atoms with Crippen LogP contribution < -0.4 is 19.3 Å². The van der Waals surface area contributed by atoms with Crippen LogP contribution in [-0.2, 0) is 26.1 Å². The Labute approximate surface area is 190 Å². The molecule has 0 radical (unpaired) electrons. The number of rotatable bonds is 9. The minimum atomic E-state index is -3.33. The van der Waals surface area contributed by atoms with Crippen molar-refractivity contribution in [3.8, 4) is 5.75 Å². The highest BCUT2D eigenvalue weighted by atomic mass is 32.2. The van der Waals surface area contributed by atoms with Gasteiger partial charge in [-0.15, -0.1) is 0 Å². The van der Waals surface area contributed by atoms with Gasteiger partial charge < -0.3 is 19.7 Å². The lowest BCUT2D eigenvalue weighted by molar-refractivity contribution is -0.128. The summed E-state index contributed by atoms with van der Waals surface area (Å²) in [6.07, 6.45) is 1.01. The Morgan fingerprint density at radius 2 is 1.75 bits per heavy atom. The number of nitrogens with zero attached hydrogens (tertiary/aromatic N) is 2. The van der Waals surface area contributed by atoms with Crippen LogP contribution in [0, 0.1) is 0 Å². The zero-order valence-corrected chi connectivity index (χ0v) is 19.6. The summed E-state index contributed by atoms with van der Waals surface area (Å²) in [4.78, 5) is 14.9. The average Bonchev–Trinajstić information content (AvgIpc) is 2.81. The third-order valence-corrected chi connectivity index (χ3v) is 6.62. The van der Waals surface area contributed by atoms with Crippen LogP contribution in [0.1, 0.15) is 18.9 Å². The maximum absolute atomic E-state index is 12.6. The van der Waals surface area contributed by atoms with E-state index in [2.05, 4.69) is 22.3 Å². The zero-order chi connectivity index (χ0) is 23.1. The van der Waals surface area contributed by atoms with Gasteiger partial charge in [0, 0.05) is 32.4 Å². The molecule has 1 amide bonds. The van der Waals surface area contributed by atoms with Crippen molar-refractivity contribution >= 4 is 27.3 Å². The molecule has 1 heterocycles. The summed E-state index contributed by atoms with van der Waals surface area (Å²) in [6.45, 7) is 5.56. The van der Waals surface area contributed by atoms with Crippen LogP contribution in [0.4, 0.5) is 11.4 Å². The number of carbonyl (C=O) groups is 1. The first kappa shape index (κ1) is 23.9. The molecular formula is C23H31N3O5S. The van der Waals surface area contributed by atoms with E-state index < -0.39 is 16.1 Å². The second-order valence-electron chi connectivity index (χ2n) is 7.72. The molecule has 1 N–H and O–H groups in total. The molecule has 1 fully saturated rings. The molecule has 0 aromatic heterocycles. The van der Waals surface area contributed by atoms with Crippen molar-refractivity contribution in [2.45, 2.75) is 26.0 Å². The molecule has 3 rings (SSSR count). The van der Waals surface area contributed by atoms with E-state index >= 15 is 0 Å². The van der Waals surface area contributed by atoms with Crippen LogP contribution in [0.25, 0.3) is 0 Å². The standard InChI is InChI=1S/C23H31N3O5S/c1-4-22(31-21-11-9-19(10-12-21)25(2)32(3,28)29)23(27)24-17-18-5-7-20(8-6-18)26-13-15-30-16-14-26/h5-12,22H,4,13-17H2,1-3H3,(H,24,27)/t22-/m1/s1. The number of hydrogen-bond donors (Lipinski definition) is 1. The molecular weight excluding hydrogens is 430 g/mol. The lowest BCUT2D eigenvalue weighted by Gasteiger charge is -2.29. The molecule has 174 valence electrons. The second kappa shape index (κ2) is 10.7. The number of hydrogen-bond acceptors (Lipinski definition) is 6. The lowest BCUT2D eigenvalue weighted by atomic mass is 10.1. The topological polar surface area (TPSA) is 88.2 Å². The number of morpholine rings is 1. The van der Waals surface area contributed by atoms with Gasteiger partial charge in [0.1, 0.15) is 5.75 Å². The van der Waals surface area contributed by atoms with E-state index in [9.17, 15) is 13.2 Å². The van der Waals surface area contributed by atoms with Crippen LogP contribution in [0.3, 0.4) is 0 Å². The predicted molar refractivity (Wildman–Crippen MR) is 126 cm³/mol. The normalized spacial score (nSPS) is 15.2. The molecule has 1 aliphatic heterocycles. The predicted octanol–water partition coefficient (Wildman–Crippen LogP) is 2.39. The molecule has 0 saturated carbocycles. The first-order valence-corrected chi connectivity index (χ1v) is 12.5. The van der Waals surface area contributed by atoms with Crippen molar-refractivity contribution in [3.05, 3.63) is 54.1 Å². The molecule has 8 nitrogen and oxygen atoms in total. The van der Waals surface area contributed by atoms with Gasteiger partial charge in [0.15, 0.2) is 6.10 Å². The molecule has 2 aromatic carbocycles. The molecule has 2 aromatic rings. The summed E-state index contributed by atoms with van der Waals surface area (Å²) in [5.41, 5.74) is 2.69. The molecule has 1 atom stereocenters. The quantitative estimate of drug-likeness (QED) is 0.617. The van der Waals surface area contributed by atoms with Gasteiger partial charge in [0.25, 0.3) is 5.91 Å². The van der Waals surface area contributed by atoms with E-state index in [1.165, 1.54) is 11.4 Å². The minimum Gasteiger partial charge on any atom is -0.481 e. The molecule has 0 bridgehead atoms. The molecule has 0 aliphatic carbocycles. The minimum absolute atomic E-state index is 0.193. The fraction of sp³-hybridized carbons (Fsp3) is 0.435. The van der Waals surface area contributed by atoms with Crippen molar-refractivity contribution in [1.82, 2.24) is 5.32 Å². The Morgan fingerprint density at radius 3 is 2.31 bits per heavy atom. The van der Waals surface area contributed by atoms with E-state index in [-0.39, 0.29) is 5.91 Å². The van der Waals surface area contributed by atoms with Crippen molar-refractivity contribution < 1.29 is 22.7 Å². The Bertz CT molecular complexity index is 987. The van der Waals surface area contributed by atoms with Gasteiger partial charge in [0.05, 0.1) is 25.2 Å². The molecule has 0 unspecified atom stereocenters. The lowest BCUT2D eigenvalue weighted by Crippen LogP contribution is -2.37. The van der Waals surface area contributed by atoms with Gasteiger partial charge in [-0.25, -0.2) is 8.42 Å². The fourth-order valence-corrected chi connectivity index (χ4v) is 3.87. The summed E-state index contributed by atoms with van der Waals surface area (Å²) >= 11 is 0. The van der Waals surface area contributed by atoms with E-state index in [0.717, 1.165) is 43.8 Å². The third kappa shape index (κ3) is 6.37. The Kier molecular flexibility index (Phi) is 7.98. The van der Waals surface area contributed by atoms with E-state index in [0.29, 0.717) is 24.4 Å². The Balaban J connectivity index is 1.53. The van der Waals surface area contributed by atoms with Gasteiger partial charge in [-0.3, -0.25) is 9.10 Å². The molecule has 0 spiro atoms. The number of benzene rings is 2. The summed E-state index contributed by atoms with van der Waals surface area (Å²) in [5.74, 6) is 0.314. The zero-order valence-electron chi connectivity index (χ0n) is 18.8. The fourth-order valence-electron chi connectivity index (χ4n) is 3.36. The second-order valence-corrected chi connectivity index (χ2v) is 9.74. The highest BCUT2D eigenvalue weighted by Crippen LogP contribution is 2.22. The van der Waals surface area contributed by atoms with Crippen molar-refractivity contribution in [1.29, 1.82) is 0 Å². The number of amides is 1. The maximum Gasteiger partial charge on any atom is 0.261 e. The van der Waals surface area contributed by atoms with Crippen LogP contribution in [-0.4, -0.2) is 60.0 Å². The number of anilines is 2. The monoisotopic (exact) mass is 461 g/mol. The number of carbonyl (C=O) groups excluding carboxylic acids is 1. The van der Waals surface area contributed by atoms with E-state index in [1.54, 1.807) is 24.3 Å². The van der Waals surface area contributed by atoms with Gasteiger partial charge >= 0.3 is 0 Å². The molecule has 9 heteroatoms. The molecule has 32 heavy (non-hydrogen) atoms. The summed E-state index contributed by atoms with van der Waals surface area (Å²) in [5, 5.41) is 2.93. The average molecular weight is 462 g/mol. The van der Waals surface area contributed by atoms with Crippen molar-refractivity contribution in [2.24, 2.45) is 0 Å². The van der Waals surface area contributed by atoms with Crippen molar-refractivity contribution in [2.75, 3.05) is 48.8 Å². The maximum atomic E-state index is 12.6. The van der Waals surface area contributed by atoms with Gasteiger partial charge in [-0.05, 0) is 48.4 Å². The summed E-state index contributed by atoms with van der Waals surface area (Å²) < 4.78 is 35.7. The van der Waals surface area contributed by atoms with Gasteiger partial charge in [-0.2, -0.15) is 0 Å².